The molecule has 21 heavy (non-hydrogen) atoms. The van der Waals surface area contributed by atoms with Crippen molar-refractivity contribution in [3.05, 3.63) is 29.6 Å². The summed E-state index contributed by atoms with van der Waals surface area (Å²) in [5.41, 5.74) is 1.92. The van der Waals surface area contributed by atoms with Crippen LogP contribution in [0.15, 0.2) is 18.3 Å². The fraction of sp³-hybridized carbons (Fsp3) is 0.533. The summed E-state index contributed by atoms with van der Waals surface area (Å²) in [6.07, 6.45) is 4.42. The van der Waals surface area contributed by atoms with Crippen molar-refractivity contribution in [1.82, 2.24) is 15.6 Å². The summed E-state index contributed by atoms with van der Waals surface area (Å²) in [6.45, 7) is 2.37. The number of hydrogen-bond donors (Lipinski definition) is 3. The van der Waals surface area contributed by atoms with E-state index in [1.807, 2.05) is 19.1 Å². The molecule has 3 N–H and O–H groups in total. The standard InChI is InChI=1S/C15H21N3O3/c1-10-8-11(6-7-16-10)9-17-15(21)18-13-4-2-12(3-5-13)14(19)20/h6-8,12-13H,2-5,9H2,1H3,(H,19,20)(H2,17,18,21). The number of aromatic nitrogens is 1. The van der Waals surface area contributed by atoms with Gasteiger partial charge in [-0.25, -0.2) is 4.79 Å². The van der Waals surface area contributed by atoms with Gasteiger partial charge in [0.25, 0.3) is 0 Å². The van der Waals surface area contributed by atoms with Crippen LogP contribution < -0.4 is 10.6 Å². The Morgan fingerprint density at radius 2 is 2.05 bits per heavy atom. The van der Waals surface area contributed by atoms with Gasteiger partial charge in [-0.3, -0.25) is 9.78 Å². The molecule has 2 rings (SSSR count). The molecule has 6 heteroatoms. The summed E-state index contributed by atoms with van der Waals surface area (Å²) in [4.78, 5) is 26.8. The number of carbonyl (C=O) groups excluding carboxylic acids is 1. The molecule has 1 aliphatic carbocycles. The molecule has 1 saturated carbocycles. The second-order valence-corrected chi connectivity index (χ2v) is 5.52. The Labute approximate surface area is 124 Å². The monoisotopic (exact) mass is 291 g/mol. The van der Waals surface area contributed by atoms with Crippen molar-refractivity contribution >= 4 is 12.0 Å². The third kappa shape index (κ3) is 4.73. The van der Waals surface area contributed by atoms with Gasteiger partial charge in [0.05, 0.1) is 5.92 Å². The number of rotatable bonds is 4. The molecular weight excluding hydrogens is 270 g/mol. The van der Waals surface area contributed by atoms with Crippen LogP contribution in [0.2, 0.25) is 0 Å². The Morgan fingerprint density at radius 3 is 2.67 bits per heavy atom. The van der Waals surface area contributed by atoms with Crippen LogP contribution in [0, 0.1) is 12.8 Å². The fourth-order valence-corrected chi connectivity index (χ4v) is 2.62. The van der Waals surface area contributed by atoms with Crippen molar-refractivity contribution in [2.45, 2.75) is 45.2 Å². The summed E-state index contributed by atoms with van der Waals surface area (Å²) >= 11 is 0. The second-order valence-electron chi connectivity index (χ2n) is 5.52. The number of carboxylic acid groups (broad SMARTS) is 1. The van der Waals surface area contributed by atoms with Crippen LogP contribution in [-0.4, -0.2) is 28.1 Å². The molecule has 0 atom stereocenters. The number of hydrogen-bond acceptors (Lipinski definition) is 3. The van der Waals surface area contributed by atoms with Gasteiger partial charge < -0.3 is 15.7 Å². The van der Waals surface area contributed by atoms with Gasteiger partial charge >= 0.3 is 12.0 Å². The molecule has 114 valence electrons. The topological polar surface area (TPSA) is 91.3 Å². The molecule has 1 aliphatic rings. The van der Waals surface area contributed by atoms with Crippen LogP contribution in [0.4, 0.5) is 4.79 Å². The summed E-state index contributed by atoms with van der Waals surface area (Å²) in [6, 6.07) is 3.66. The minimum absolute atomic E-state index is 0.0692. The van der Waals surface area contributed by atoms with Gasteiger partial charge in [0.2, 0.25) is 0 Å². The molecule has 1 aromatic heterocycles. The molecule has 0 radical (unpaired) electrons. The van der Waals surface area contributed by atoms with Gasteiger partial charge in [-0.15, -0.1) is 0 Å². The minimum atomic E-state index is -0.731. The van der Waals surface area contributed by atoms with Crippen LogP contribution >= 0.6 is 0 Å². The number of aryl methyl sites for hydroxylation is 1. The van der Waals surface area contributed by atoms with E-state index in [9.17, 15) is 9.59 Å². The molecule has 1 heterocycles. The molecule has 1 aromatic rings. The third-order valence-electron chi connectivity index (χ3n) is 3.83. The van der Waals surface area contributed by atoms with E-state index >= 15 is 0 Å². The smallest absolute Gasteiger partial charge is 0.315 e. The molecule has 0 bridgehead atoms. The Kier molecular flexibility index (Phi) is 5.14. The van der Waals surface area contributed by atoms with Crippen molar-refractivity contribution < 1.29 is 14.7 Å². The number of nitrogens with zero attached hydrogens (tertiary/aromatic N) is 1. The first-order chi connectivity index (χ1) is 10.0. The highest BCUT2D eigenvalue weighted by Crippen LogP contribution is 2.24. The van der Waals surface area contributed by atoms with Crippen molar-refractivity contribution in [3.8, 4) is 0 Å². The van der Waals surface area contributed by atoms with E-state index in [1.165, 1.54) is 0 Å². The summed E-state index contributed by atoms with van der Waals surface area (Å²) in [7, 11) is 0. The quantitative estimate of drug-likeness (QED) is 0.789. The van der Waals surface area contributed by atoms with Crippen LogP contribution in [0.3, 0.4) is 0 Å². The Balaban J connectivity index is 1.72. The average molecular weight is 291 g/mol. The van der Waals surface area contributed by atoms with Crippen molar-refractivity contribution in [2.75, 3.05) is 0 Å². The molecule has 1 fully saturated rings. The Hall–Kier alpha value is -2.11. The predicted molar refractivity (Wildman–Crippen MR) is 77.7 cm³/mol. The third-order valence-corrected chi connectivity index (χ3v) is 3.83. The summed E-state index contributed by atoms with van der Waals surface area (Å²) < 4.78 is 0. The van der Waals surface area contributed by atoms with Gasteiger partial charge in [0, 0.05) is 24.5 Å². The lowest BCUT2D eigenvalue weighted by molar-refractivity contribution is -0.142. The Bertz CT molecular complexity index is 511. The van der Waals surface area contributed by atoms with Gasteiger partial charge in [0.1, 0.15) is 0 Å². The lowest BCUT2D eigenvalue weighted by Crippen LogP contribution is -2.43. The van der Waals surface area contributed by atoms with E-state index < -0.39 is 5.97 Å². The first-order valence-electron chi connectivity index (χ1n) is 7.23. The zero-order chi connectivity index (χ0) is 15.2. The second kappa shape index (κ2) is 7.06. The molecule has 0 saturated heterocycles. The fourth-order valence-electron chi connectivity index (χ4n) is 2.62. The zero-order valence-corrected chi connectivity index (χ0v) is 12.1. The molecular formula is C15H21N3O3. The zero-order valence-electron chi connectivity index (χ0n) is 12.1. The number of pyridine rings is 1. The number of amides is 2. The lowest BCUT2D eigenvalue weighted by atomic mass is 9.86. The SMILES string of the molecule is Cc1cc(CNC(=O)NC2CCC(C(=O)O)CC2)ccn1. The van der Waals surface area contributed by atoms with Crippen molar-refractivity contribution in [3.63, 3.8) is 0 Å². The lowest BCUT2D eigenvalue weighted by Gasteiger charge is -2.26. The van der Waals surface area contributed by atoms with Gasteiger partial charge in [-0.2, -0.15) is 0 Å². The van der Waals surface area contributed by atoms with E-state index in [1.54, 1.807) is 6.20 Å². The van der Waals surface area contributed by atoms with Crippen LogP contribution in [-0.2, 0) is 11.3 Å². The van der Waals surface area contributed by atoms with Gasteiger partial charge in [0.15, 0.2) is 0 Å². The summed E-state index contributed by atoms with van der Waals surface area (Å²) in [5, 5.41) is 14.7. The number of carboxylic acids is 1. The van der Waals surface area contributed by atoms with E-state index in [0.717, 1.165) is 24.1 Å². The van der Waals surface area contributed by atoms with Crippen LogP contribution in [0.25, 0.3) is 0 Å². The minimum Gasteiger partial charge on any atom is -0.481 e. The van der Waals surface area contributed by atoms with E-state index in [2.05, 4.69) is 15.6 Å². The largest absolute Gasteiger partial charge is 0.481 e. The van der Waals surface area contributed by atoms with Gasteiger partial charge in [-0.1, -0.05) is 0 Å². The maximum atomic E-state index is 11.8. The summed E-state index contributed by atoms with van der Waals surface area (Å²) in [5.74, 6) is -0.989. The van der Waals surface area contributed by atoms with Crippen LogP contribution in [0.5, 0.6) is 0 Å². The van der Waals surface area contributed by atoms with E-state index in [4.69, 9.17) is 5.11 Å². The first kappa shape index (κ1) is 15.3. The number of carbonyl (C=O) groups is 2. The van der Waals surface area contributed by atoms with Crippen molar-refractivity contribution in [2.24, 2.45) is 5.92 Å². The highest BCUT2D eigenvalue weighted by atomic mass is 16.4. The maximum absolute atomic E-state index is 11.8. The molecule has 0 spiro atoms. The molecule has 0 unspecified atom stereocenters. The number of aliphatic carboxylic acids is 1. The average Bonchev–Trinajstić information content (AvgIpc) is 2.46. The molecule has 6 nitrogen and oxygen atoms in total. The molecule has 0 aromatic carbocycles. The number of nitrogens with one attached hydrogen (secondary N) is 2. The predicted octanol–water partition coefficient (Wildman–Crippen LogP) is 1.83. The Morgan fingerprint density at radius 1 is 1.33 bits per heavy atom. The maximum Gasteiger partial charge on any atom is 0.315 e. The molecule has 2 amide bonds. The number of urea groups is 1. The van der Waals surface area contributed by atoms with Gasteiger partial charge in [-0.05, 0) is 50.3 Å². The van der Waals surface area contributed by atoms with E-state index in [0.29, 0.717) is 19.4 Å². The van der Waals surface area contributed by atoms with Crippen LogP contribution in [0.1, 0.15) is 36.9 Å². The first-order valence-corrected chi connectivity index (χ1v) is 7.23. The highest BCUT2D eigenvalue weighted by molar-refractivity contribution is 5.74. The normalized spacial score (nSPS) is 21.6. The van der Waals surface area contributed by atoms with E-state index in [-0.39, 0.29) is 18.0 Å². The molecule has 0 aliphatic heterocycles. The highest BCUT2D eigenvalue weighted by Gasteiger charge is 2.26. The van der Waals surface area contributed by atoms with Crippen molar-refractivity contribution in [1.29, 1.82) is 0 Å².